The summed E-state index contributed by atoms with van der Waals surface area (Å²) in [6.07, 6.45) is 20.0. The number of β-amino-alcohol motifs (C(OH)–C–C–N with tert-alkyl or cyclic N) is 2. The predicted molar refractivity (Wildman–Crippen MR) is 234 cm³/mol. The van der Waals surface area contributed by atoms with Crippen LogP contribution in [0.3, 0.4) is 0 Å². The average molecular weight is 811 g/mol. The Morgan fingerprint density at radius 2 is 1.05 bits per heavy atom. The van der Waals surface area contributed by atoms with E-state index < -0.39 is 11.2 Å². The number of urea groups is 2. The van der Waals surface area contributed by atoms with Gasteiger partial charge < -0.3 is 30.2 Å². The second-order valence-electron chi connectivity index (χ2n) is 20.7. The fraction of sp³-hybridized carbons (Fsp3) is 0.714. The summed E-state index contributed by atoms with van der Waals surface area (Å²) >= 11 is 0. The molecule has 10 heteroatoms. The normalized spacial score (nSPS) is 32.9. The standard InChI is InChI=1S/C28H43N3O2.C21H31N3O2/c1-29(2)28(24-12-7-4-8-13-24)18-16-26(17-19-28)21-30(20-23-10-5-3-6-11-23)25(32)31(26)22-27(33)14-9-15-27;1-23(2)21(17-7-4-3-5-8-17)13-11-19(12-14-21)15-22-18(25)24(19)16-20(26)9-6-10-20/h4,7-8,12-13,23,33H,3,5-6,9-11,14-22H2,1-2H3;3-5,7-8,26H,6,9-16H2,1-2H3,(H,22,25). The molecule has 5 saturated carbocycles. The first-order valence-electron chi connectivity index (χ1n) is 23.3. The van der Waals surface area contributed by atoms with E-state index in [0.717, 1.165) is 103 Å². The van der Waals surface area contributed by atoms with Gasteiger partial charge in [-0.05, 0) is 148 Å². The van der Waals surface area contributed by atoms with Gasteiger partial charge in [-0.3, -0.25) is 9.80 Å². The molecule has 324 valence electrons. The van der Waals surface area contributed by atoms with E-state index >= 15 is 0 Å². The number of carbonyl (C=O) groups is 2. The molecule has 9 rings (SSSR count). The van der Waals surface area contributed by atoms with E-state index in [9.17, 15) is 19.8 Å². The van der Waals surface area contributed by atoms with Crippen LogP contribution in [0.1, 0.15) is 133 Å². The highest BCUT2D eigenvalue weighted by molar-refractivity contribution is 5.79. The minimum absolute atomic E-state index is 0.00221. The third-order valence-corrected chi connectivity index (χ3v) is 17.0. The summed E-state index contributed by atoms with van der Waals surface area (Å²) in [5, 5.41) is 24.8. The van der Waals surface area contributed by atoms with Crippen LogP contribution in [-0.2, 0) is 11.1 Å². The van der Waals surface area contributed by atoms with Crippen LogP contribution in [0.4, 0.5) is 9.59 Å². The maximum atomic E-state index is 13.8. The minimum atomic E-state index is -0.668. The highest BCUT2D eigenvalue weighted by Crippen LogP contribution is 2.51. The van der Waals surface area contributed by atoms with Crippen molar-refractivity contribution in [2.45, 2.75) is 155 Å². The van der Waals surface area contributed by atoms with E-state index in [1.807, 2.05) is 4.90 Å². The van der Waals surface area contributed by atoms with Gasteiger partial charge in [-0.15, -0.1) is 0 Å². The van der Waals surface area contributed by atoms with Crippen molar-refractivity contribution in [1.82, 2.24) is 29.8 Å². The van der Waals surface area contributed by atoms with Crippen molar-refractivity contribution in [2.75, 3.05) is 60.9 Å². The van der Waals surface area contributed by atoms with Gasteiger partial charge >= 0.3 is 12.1 Å². The lowest BCUT2D eigenvalue weighted by molar-refractivity contribution is -0.0726. The molecule has 3 N–H and O–H groups in total. The summed E-state index contributed by atoms with van der Waals surface area (Å²) in [5.41, 5.74) is 1.19. The van der Waals surface area contributed by atoms with Gasteiger partial charge in [0, 0.05) is 30.7 Å². The third kappa shape index (κ3) is 8.05. The second kappa shape index (κ2) is 16.6. The summed E-state index contributed by atoms with van der Waals surface area (Å²) in [5.74, 6) is 0.653. The maximum absolute atomic E-state index is 13.8. The molecule has 2 saturated heterocycles. The van der Waals surface area contributed by atoms with Gasteiger partial charge in [-0.1, -0.05) is 79.9 Å². The smallest absolute Gasteiger partial charge is 0.320 e. The molecule has 2 aromatic carbocycles. The minimum Gasteiger partial charge on any atom is -0.388 e. The largest absolute Gasteiger partial charge is 0.388 e. The van der Waals surface area contributed by atoms with Crippen LogP contribution >= 0.6 is 0 Å². The van der Waals surface area contributed by atoms with Crippen LogP contribution in [0.25, 0.3) is 0 Å². The molecule has 0 aromatic heterocycles. The molecule has 2 spiro atoms. The lowest BCUT2D eigenvalue weighted by atomic mass is 9.67. The number of benzene rings is 2. The Labute approximate surface area is 354 Å². The van der Waals surface area contributed by atoms with Crippen molar-refractivity contribution in [3.8, 4) is 0 Å². The number of carbonyl (C=O) groups excluding carboxylic acids is 2. The lowest BCUT2D eigenvalue weighted by Crippen LogP contribution is -2.59. The average Bonchev–Trinajstić information content (AvgIpc) is 3.65. The van der Waals surface area contributed by atoms with Gasteiger partial charge in [0.05, 0.1) is 35.4 Å². The predicted octanol–water partition coefficient (Wildman–Crippen LogP) is 7.69. The maximum Gasteiger partial charge on any atom is 0.320 e. The van der Waals surface area contributed by atoms with Crippen LogP contribution in [-0.4, -0.2) is 130 Å². The summed E-state index contributed by atoms with van der Waals surface area (Å²) < 4.78 is 0. The molecular weight excluding hydrogens is 737 g/mol. The van der Waals surface area contributed by atoms with E-state index in [1.165, 1.54) is 43.2 Å². The molecule has 59 heavy (non-hydrogen) atoms. The number of amides is 4. The van der Waals surface area contributed by atoms with Crippen molar-refractivity contribution in [1.29, 1.82) is 0 Å². The Balaban J connectivity index is 0.000000169. The van der Waals surface area contributed by atoms with Crippen molar-refractivity contribution >= 4 is 12.1 Å². The summed E-state index contributed by atoms with van der Waals surface area (Å²) in [6, 6.07) is 21.9. The molecule has 2 heterocycles. The molecule has 0 radical (unpaired) electrons. The SMILES string of the molecule is CN(C)C1(c2ccccc2)CCC2(CC1)CN(CC1CCCCC1)C(=O)N2CC1(O)CCC1.CN(C)C1(c2ccccc2)CCC2(CC1)CNC(=O)N2CC1(O)CCC1. The van der Waals surface area contributed by atoms with E-state index in [0.29, 0.717) is 25.6 Å². The Bertz CT molecular complexity index is 1740. The van der Waals surface area contributed by atoms with Crippen LogP contribution < -0.4 is 5.32 Å². The summed E-state index contributed by atoms with van der Waals surface area (Å²) in [4.78, 5) is 37.3. The summed E-state index contributed by atoms with van der Waals surface area (Å²) in [6.45, 7) is 3.47. The van der Waals surface area contributed by atoms with Crippen LogP contribution in [0.5, 0.6) is 0 Å². The van der Waals surface area contributed by atoms with E-state index in [-0.39, 0.29) is 34.2 Å². The Hall–Kier alpha value is -3.18. The van der Waals surface area contributed by atoms with Crippen molar-refractivity contribution in [3.63, 3.8) is 0 Å². The number of hydrogen-bond donors (Lipinski definition) is 3. The Kier molecular flexibility index (Phi) is 12.0. The van der Waals surface area contributed by atoms with Crippen molar-refractivity contribution in [2.24, 2.45) is 5.92 Å². The van der Waals surface area contributed by atoms with Crippen LogP contribution in [0.15, 0.2) is 60.7 Å². The number of hydrogen-bond acceptors (Lipinski definition) is 6. The molecule has 2 aromatic rings. The van der Waals surface area contributed by atoms with Gasteiger partial charge in [-0.25, -0.2) is 9.59 Å². The number of nitrogens with one attached hydrogen (secondary N) is 1. The molecule has 7 fully saturated rings. The molecule has 5 aliphatic carbocycles. The summed E-state index contributed by atoms with van der Waals surface area (Å²) in [7, 11) is 8.74. The van der Waals surface area contributed by atoms with Gasteiger partial charge in [0.1, 0.15) is 0 Å². The van der Waals surface area contributed by atoms with E-state index in [1.54, 1.807) is 0 Å². The number of nitrogens with zero attached hydrogens (tertiary/aromatic N) is 5. The first kappa shape index (κ1) is 42.5. The van der Waals surface area contributed by atoms with Crippen molar-refractivity contribution in [3.05, 3.63) is 71.8 Å². The Morgan fingerprint density at radius 1 is 0.593 bits per heavy atom. The van der Waals surface area contributed by atoms with Gasteiger partial charge in [0.2, 0.25) is 0 Å². The zero-order valence-corrected chi connectivity index (χ0v) is 36.8. The molecule has 0 bridgehead atoms. The monoisotopic (exact) mass is 811 g/mol. The molecular formula is C49H74N6O4. The lowest BCUT2D eigenvalue weighted by Gasteiger charge is -2.52. The van der Waals surface area contributed by atoms with Gasteiger partial charge in [0.15, 0.2) is 0 Å². The second-order valence-corrected chi connectivity index (χ2v) is 20.7. The third-order valence-electron chi connectivity index (χ3n) is 17.0. The molecule has 10 nitrogen and oxygen atoms in total. The fourth-order valence-electron chi connectivity index (χ4n) is 12.5. The quantitative estimate of drug-likeness (QED) is 0.228. The van der Waals surface area contributed by atoms with E-state index in [2.05, 4.69) is 114 Å². The highest BCUT2D eigenvalue weighted by Gasteiger charge is 2.57. The topological polar surface area (TPSA) is 103 Å². The van der Waals surface area contributed by atoms with Gasteiger partial charge in [0.25, 0.3) is 0 Å². The molecule has 7 aliphatic rings. The zero-order valence-electron chi connectivity index (χ0n) is 36.8. The fourth-order valence-corrected chi connectivity index (χ4v) is 12.5. The van der Waals surface area contributed by atoms with Crippen LogP contribution in [0.2, 0.25) is 0 Å². The first-order chi connectivity index (χ1) is 28.3. The molecule has 2 aliphatic heterocycles. The first-order valence-corrected chi connectivity index (χ1v) is 23.3. The van der Waals surface area contributed by atoms with E-state index in [4.69, 9.17) is 0 Å². The van der Waals surface area contributed by atoms with Crippen molar-refractivity contribution < 1.29 is 19.8 Å². The number of aliphatic hydroxyl groups is 2. The molecule has 4 amide bonds. The molecule has 0 unspecified atom stereocenters. The van der Waals surface area contributed by atoms with Gasteiger partial charge in [-0.2, -0.15) is 0 Å². The Morgan fingerprint density at radius 3 is 1.49 bits per heavy atom. The molecule has 0 atom stereocenters. The number of rotatable bonds is 10. The zero-order chi connectivity index (χ0) is 41.5. The van der Waals surface area contributed by atoms with Crippen LogP contribution in [0, 0.1) is 5.92 Å². The highest BCUT2D eigenvalue weighted by atomic mass is 16.3.